The molecule has 0 atom stereocenters. The van der Waals surface area contributed by atoms with Gasteiger partial charge in [-0.3, -0.25) is 14.8 Å². The number of hydrogen-bond donors (Lipinski definition) is 0. The molecule has 1 aromatic heterocycles. The Labute approximate surface area is 117 Å². The molecule has 1 fully saturated rings. The maximum atomic E-state index is 11.0. The molecule has 0 N–H and O–H groups in total. The maximum absolute atomic E-state index is 11.0. The van der Waals surface area contributed by atoms with Crippen LogP contribution in [0.4, 0.5) is 5.69 Å². The fourth-order valence-corrected chi connectivity index (χ4v) is 2.84. The van der Waals surface area contributed by atoms with E-state index < -0.39 is 0 Å². The molecule has 2 heterocycles. The zero-order valence-electron chi connectivity index (χ0n) is 11.4. The highest BCUT2D eigenvalue weighted by Crippen LogP contribution is 2.24. The van der Waals surface area contributed by atoms with Gasteiger partial charge in [0.2, 0.25) is 0 Å². The van der Waals surface area contributed by atoms with E-state index in [0.717, 1.165) is 31.7 Å². The predicted molar refractivity (Wildman–Crippen MR) is 76.7 cm³/mol. The topological polar surface area (TPSA) is 64.2 Å². The molecule has 20 heavy (non-hydrogen) atoms. The van der Waals surface area contributed by atoms with Crippen LogP contribution in [0.25, 0.3) is 10.9 Å². The van der Waals surface area contributed by atoms with Crippen molar-refractivity contribution in [2.24, 2.45) is 0 Å². The Hall–Kier alpha value is -1.95. The Bertz CT molecular complexity index is 617. The summed E-state index contributed by atoms with van der Waals surface area (Å²) in [5.74, 6) is 0. The zero-order chi connectivity index (χ0) is 13.9. The minimum absolute atomic E-state index is 0.131. The second kappa shape index (κ2) is 5.58. The molecule has 1 saturated heterocycles. The first-order valence-corrected chi connectivity index (χ1v) is 7.07. The van der Waals surface area contributed by atoms with Crippen LogP contribution < -0.4 is 0 Å². The van der Waals surface area contributed by atoms with Crippen molar-refractivity contribution in [3.63, 3.8) is 0 Å². The van der Waals surface area contributed by atoms with Gasteiger partial charge >= 0.3 is 0 Å². The Morgan fingerprint density at radius 1 is 1.20 bits per heavy atom. The molecule has 0 spiro atoms. The fourth-order valence-electron chi connectivity index (χ4n) is 2.84. The van der Waals surface area contributed by atoms with Gasteiger partial charge in [-0.25, -0.2) is 0 Å². The highest BCUT2D eigenvalue weighted by atomic mass is 16.6. The molecule has 106 valence electrons. The molecule has 0 aliphatic carbocycles. The second-order valence-corrected chi connectivity index (χ2v) is 5.24. The van der Waals surface area contributed by atoms with Gasteiger partial charge in [0.05, 0.1) is 28.6 Å². The van der Waals surface area contributed by atoms with Crippen LogP contribution >= 0.6 is 0 Å². The third-order valence-corrected chi connectivity index (χ3v) is 3.94. The van der Waals surface area contributed by atoms with Crippen LogP contribution in [0.1, 0.15) is 19.3 Å². The first kappa shape index (κ1) is 13.1. The summed E-state index contributed by atoms with van der Waals surface area (Å²) in [7, 11) is 0. The molecule has 0 radical (unpaired) electrons. The van der Waals surface area contributed by atoms with Crippen molar-refractivity contribution in [3.05, 3.63) is 34.5 Å². The van der Waals surface area contributed by atoms with E-state index in [1.807, 2.05) is 10.7 Å². The molecule has 0 unspecified atom stereocenters. The maximum Gasteiger partial charge on any atom is 0.280 e. The van der Waals surface area contributed by atoms with Gasteiger partial charge in [-0.1, -0.05) is 12.5 Å². The van der Waals surface area contributed by atoms with Gasteiger partial charge < -0.3 is 4.90 Å². The summed E-state index contributed by atoms with van der Waals surface area (Å²) in [6.45, 7) is 4.04. The number of nitrogens with zero attached hydrogens (tertiary/aromatic N) is 4. The van der Waals surface area contributed by atoms with Crippen molar-refractivity contribution in [2.75, 3.05) is 19.6 Å². The molecule has 0 amide bonds. The number of aromatic nitrogens is 2. The number of rotatable bonds is 4. The van der Waals surface area contributed by atoms with E-state index in [2.05, 4.69) is 10.00 Å². The van der Waals surface area contributed by atoms with Crippen LogP contribution in [0.15, 0.2) is 24.4 Å². The van der Waals surface area contributed by atoms with Crippen molar-refractivity contribution in [1.82, 2.24) is 14.7 Å². The van der Waals surface area contributed by atoms with Crippen molar-refractivity contribution in [3.8, 4) is 0 Å². The molecule has 6 nitrogen and oxygen atoms in total. The minimum atomic E-state index is -0.348. The molecule has 1 aromatic carbocycles. The second-order valence-electron chi connectivity index (χ2n) is 5.24. The van der Waals surface area contributed by atoms with Gasteiger partial charge in [0, 0.05) is 12.6 Å². The molecule has 1 aliphatic heterocycles. The predicted octanol–water partition coefficient (Wildman–Crippen LogP) is 2.43. The quantitative estimate of drug-likeness (QED) is 0.634. The van der Waals surface area contributed by atoms with Crippen molar-refractivity contribution >= 4 is 16.6 Å². The SMILES string of the molecule is O=[N+]([O-])c1cccc2c1cnn2CCN1CCCCC1. The average Bonchev–Trinajstić information content (AvgIpc) is 2.89. The summed E-state index contributed by atoms with van der Waals surface area (Å²) in [4.78, 5) is 13.1. The standard InChI is InChI=1S/C14H18N4O2/c19-18(20)14-6-4-5-13-12(14)11-15-17(13)10-9-16-7-2-1-3-8-16/h4-6,11H,1-3,7-10H2. The van der Waals surface area contributed by atoms with Gasteiger partial charge in [-0.2, -0.15) is 5.10 Å². The monoisotopic (exact) mass is 274 g/mol. The van der Waals surface area contributed by atoms with Gasteiger partial charge in [0.1, 0.15) is 0 Å². The lowest BCUT2D eigenvalue weighted by atomic mass is 10.1. The van der Waals surface area contributed by atoms with Gasteiger partial charge in [0.25, 0.3) is 5.69 Å². The molecule has 3 rings (SSSR count). The number of likely N-dealkylation sites (tertiary alicyclic amines) is 1. The van der Waals surface area contributed by atoms with E-state index in [1.165, 1.54) is 25.3 Å². The Morgan fingerprint density at radius 2 is 2.00 bits per heavy atom. The van der Waals surface area contributed by atoms with Crippen molar-refractivity contribution in [1.29, 1.82) is 0 Å². The largest absolute Gasteiger partial charge is 0.301 e. The number of non-ortho nitro benzene ring substituents is 1. The smallest absolute Gasteiger partial charge is 0.280 e. The summed E-state index contributed by atoms with van der Waals surface area (Å²) in [6, 6.07) is 5.14. The lowest BCUT2D eigenvalue weighted by molar-refractivity contribution is -0.383. The third kappa shape index (κ3) is 2.51. The fraction of sp³-hybridized carbons (Fsp3) is 0.500. The molecular weight excluding hydrogens is 256 g/mol. The molecule has 0 bridgehead atoms. The Morgan fingerprint density at radius 3 is 2.75 bits per heavy atom. The van der Waals surface area contributed by atoms with Gasteiger partial charge in [0.15, 0.2) is 0 Å². The summed E-state index contributed by atoms with van der Waals surface area (Å²) >= 11 is 0. The number of piperidine rings is 1. The number of nitro groups is 1. The minimum Gasteiger partial charge on any atom is -0.301 e. The molecule has 2 aromatic rings. The first-order valence-electron chi connectivity index (χ1n) is 7.07. The van der Waals surface area contributed by atoms with Crippen molar-refractivity contribution in [2.45, 2.75) is 25.8 Å². The van der Waals surface area contributed by atoms with Crippen molar-refractivity contribution < 1.29 is 4.92 Å². The number of hydrogen-bond acceptors (Lipinski definition) is 4. The lowest BCUT2D eigenvalue weighted by Crippen LogP contribution is -2.32. The molecule has 6 heteroatoms. The summed E-state index contributed by atoms with van der Waals surface area (Å²) in [5.41, 5.74) is 0.975. The van der Waals surface area contributed by atoms with Crippen LogP contribution in [0, 0.1) is 10.1 Å². The van der Waals surface area contributed by atoms with E-state index in [1.54, 1.807) is 12.3 Å². The summed E-state index contributed by atoms with van der Waals surface area (Å²) in [6.07, 6.45) is 5.47. The Balaban J connectivity index is 1.78. The molecule has 0 saturated carbocycles. The van der Waals surface area contributed by atoms with Crippen LogP contribution in [0.2, 0.25) is 0 Å². The van der Waals surface area contributed by atoms with E-state index in [0.29, 0.717) is 5.39 Å². The highest BCUT2D eigenvalue weighted by molar-refractivity contribution is 5.87. The molecular formula is C14H18N4O2. The first-order chi connectivity index (χ1) is 9.75. The van der Waals surface area contributed by atoms with Gasteiger partial charge in [-0.05, 0) is 32.0 Å². The normalized spacial score (nSPS) is 16.6. The van der Waals surface area contributed by atoms with Crippen LogP contribution in [-0.2, 0) is 6.54 Å². The van der Waals surface area contributed by atoms with E-state index in [-0.39, 0.29) is 10.6 Å². The third-order valence-electron chi connectivity index (χ3n) is 3.94. The lowest BCUT2D eigenvalue weighted by Gasteiger charge is -2.26. The number of nitro benzene ring substituents is 1. The van der Waals surface area contributed by atoms with E-state index in [4.69, 9.17) is 0 Å². The number of fused-ring (bicyclic) bond motifs is 1. The van der Waals surface area contributed by atoms with Gasteiger partial charge in [-0.15, -0.1) is 0 Å². The van der Waals surface area contributed by atoms with Crippen LogP contribution in [-0.4, -0.2) is 39.2 Å². The van der Waals surface area contributed by atoms with Crippen LogP contribution in [0.5, 0.6) is 0 Å². The van der Waals surface area contributed by atoms with Crippen LogP contribution in [0.3, 0.4) is 0 Å². The summed E-state index contributed by atoms with van der Waals surface area (Å²) in [5, 5.41) is 15.9. The van der Waals surface area contributed by atoms with E-state index >= 15 is 0 Å². The summed E-state index contributed by atoms with van der Waals surface area (Å²) < 4.78 is 1.87. The zero-order valence-corrected chi connectivity index (χ0v) is 11.4. The number of benzene rings is 1. The van der Waals surface area contributed by atoms with E-state index in [9.17, 15) is 10.1 Å². The highest BCUT2D eigenvalue weighted by Gasteiger charge is 2.15. The average molecular weight is 274 g/mol. The molecule has 1 aliphatic rings. The Kier molecular flexibility index (Phi) is 3.64.